The van der Waals surface area contributed by atoms with E-state index in [0.29, 0.717) is 0 Å². The number of hydrogen-bond acceptors (Lipinski definition) is 0. The van der Waals surface area contributed by atoms with Gasteiger partial charge in [0.1, 0.15) is 0 Å². The molecule has 0 aliphatic heterocycles. The Labute approximate surface area is 61.9 Å². The first kappa shape index (κ1) is 7.20. The van der Waals surface area contributed by atoms with E-state index in [-0.39, 0.29) is 0 Å². The van der Waals surface area contributed by atoms with Crippen LogP contribution in [0, 0.1) is 20.8 Å². The second kappa shape index (κ2) is 2.05. The molecular formula is C10H13-. The van der Waals surface area contributed by atoms with E-state index in [1.54, 1.807) is 0 Å². The molecule has 1 aromatic carbocycles. The average molecular weight is 133 g/mol. The van der Waals surface area contributed by atoms with Crippen LogP contribution in [0.25, 0.3) is 13.2 Å². The van der Waals surface area contributed by atoms with Crippen LogP contribution < -0.4 is 10.4 Å². The molecule has 0 bridgehead atoms. The van der Waals surface area contributed by atoms with E-state index in [0.717, 1.165) is 10.4 Å². The Morgan fingerprint density at radius 2 is 1.70 bits per heavy atom. The van der Waals surface area contributed by atoms with Crippen molar-refractivity contribution in [2.75, 3.05) is 0 Å². The smallest absolute Gasteiger partial charge is 0.0574 e. The summed E-state index contributed by atoms with van der Waals surface area (Å²) in [7, 11) is 0. The minimum atomic E-state index is 1.11. The molecule has 0 saturated carbocycles. The van der Waals surface area contributed by atoms with Crippen molar-refractivity contribution in [3.63, 3.8) is 0 Å². The maximum Gasteiger partial charge on any atom is -0.0574 e. The van der Waals surface area contributed by atoms with Gasteiger partial charge in [-0.25, -0.2) is 0 Å². The summed E-state index contributed by atoms with van der Waals surface area (Å²) >= 11 is 0. The summed E-state index contributed by atoms with van der Waals surface area (Å²) in [5.74, 6) is 0. The summed E-state index contributed by atoms with van der Waals surface area (Å²) in [5.41, 5.74) is 3.93. The molecule has 0 nitrogen and oxygen atoms in total. The monoisotopic (exact) mass is 133 g/mol. The van der Waals surface area contributed by atoms with Crippen molar-refractivity contribution in [1.29, 1.82) is 0 Å². The minimum Gasteiger partial charge on any atom is -0.171 e. The van der Waals surface area contributed by atoms with Gasteiger partial charge in [0.25, 0.3) is 0 Å². The van der Waals surface area contributed by atoms with Gasteiger partial charge in [0, 0.05) is 0 Å². The first-order chi connectivity index (χ1) is 4.55. The fourth-order valence-corrected chi connectivity index (χ4v) is 1.19. The molecule has 0 radical (unpaired) electrons. The molecule has 0 heterocycles. The van der Waals surface area contributed by atoms with Crippen LogP contribution in [0.3, 0.4) is 0 Å². The van der Waals surface area contributed by atoms with Crippen molar-refractivity contribution in [3.05, 3.63) is 27.1 Å². The third-order valence-corrected chi connectivity index (χ3v) is 2.39. The lowest BCUT2D eigenvalue weighted by atomic mass is 10.2. The van der Waals surface area contributed by atoms with Crippen LogP contribution in [0.2, 0.25) is 0 Å². The van der Waals surface area contributed by atoms with Crippen LogP contribution >= 0.6 is 0 Å². The molecule has 0 aromatic heterocycles. The van der Waals surface area contributed by atoms with Crippen LogP contribution in [0.4, 0.5) is 0 Å². The Kier molecular flexibility index (Phi) is 1.47. The summed E-state index contributed by atoms with van der Waals surface area (Å²) in [4.78, 5) is 0. The number of hydrogen-bond donors (Lipinski definition) is 0. The lowest BCUT2D eigenvalue weighted by Crippen LogP contribution is -2.19. The van der Waals surface area contributed by atoms with Crippen molar-refractivity contribution in [2.45, 2.75) is 20.8 Å². The standard InChI is InChI=1S/C10H13/c1-6-7(2)9(4)10(5)8(6)3/h1-2H2,3-5H3/q-1. The molecule has 1 rings (SSSR count). The molecule has 0 spiro atoms. The third-order valence-electron chi connectivity index (χ3n) is 2.39. The molecule has 0 aliphatic carbocycles. The predicted molar refractivity (Wildman–Crippen MR) is 46.5 cm³/mol. The van der Waals surface area contributed by atoms with Gasteiger partial charge in [-0.05, 0) is 0 Å². The fourth-order valence-electron chi connectivity index (χ4n) is 1.19. The molecule has 10 heavy (non-hydrogen) atoms. The summed E-state index contributed by atoms with van der Waals surface area (Å²) < 4.78 is 0. The molecular weight excluding hydrogens is 120 g/mol. The zero-order chi connectivity index (χ0) is 7.89. The molecule has 0 heteroatoms. The Morgan fingerprint density at radius 1 is 1.20 bits per heavy atom. The lowest BCUT2D eigenvalue weighted by Gasteiger charge is -1.97. The van der Waals surface area contributed by atoms with Crippen LogP contribution in [0.1, 0.15) is 16.7 Å². The van der Waals surface area contributed by atoms with Crippen LogP contribution in [0.5, 0.6) is 0 Å². The Hall–Kier alpha value is -0.910. The van der Waals surface area contributed by atoms with E-state index in [2.05, 4.69) is 33.9 Å². The lowest BCUT2D eigenvalue weighted by molar-refractivity contribution is 1.33. The maximum atomic E-state index is 3.94. The van der Waals surface area contributed by atoms with Crippen LogP contribution in [-0.2, 0) is 0 Å². The quantitative estimate of drug-likeness (QED) is 0.466. The Balaban J connectivity index is 3.77. The molecule has 1 aromatic rings. The maximum absolute atomic E-state index is 3.94. The average Bonchev–Trinajstić information content (AvgIpc) is 2.07. The van der Waals surface area contributed by atoms with E-state index in [4.69, 9.17) is 0 Å². The molecule has 0 atom stereocenters. The Bertz CT molecular complexity index is 306. The molecule has 0 amide bonds. The van der Waals surface area contributed by atoms with Gasteiger partial charge in [-0.15, -0.1) is 22.9 Å². The zero-order valence-electron chi connectivity index (χ0n) is 6.91. The topological polar surface area (TPSA) is 0 Å². The van der Waals surface area contributed by atoms with Crippen molar-refractivity contribution in [1.82, 2.24) is 0 Å². The second-order valence-corrected chi connectivity index (χ2v) is 2.83. The highest BCUT2D eigenvalue weighted by atomic mass is 14.1. The van der Waals surface area contributed by atoms with E-state index in [1.165, 1.54) is 16.7 Å². The van der Waals surface area contributed by atoms with Crippen molar-refractivity contribution in [3.8, 4) is 0 Å². The van der Waals surface area contributed by atoms with Crippen LogP contribution in [-0.4, -0.2) is 0 Å². The molecule has 0 aliphatic rings. The van der Waals surface area contributed by atoms with E-state index in [9.17, 15) is 0 Å². The first-order valence-electron chi connectivity index (χ1n) is 3.46. The highest BCUT2D eigenvalue weighted by molar-refractivity contribution is 5.40. The van der Waals surface area contributed by atoms with Gasteiger partial charge >= 0.3 is 0 Å². The highest BCUT2D eigenvalue weighted by Gasteiger charge is 1.91. The Morgan fingerprint density at radius 3 is 1.80 bits per heavy atom. The molecule has 0 N–H and O–H groups in total. The van der Waals surface area contributed by atoms with Gasteiger partial charge in [-0.3, -0.25) is 0 Å². The van der Waals surface area contributed by atoms with Crippen molar-refractivity contribution >= 4 is 13.2 Å². The van der Waals surface area contributed by atoms with Crippen molar-refractivity contribution in [2.24, 2.45) is 0 Å². The van der Waals surface area contributed by atoms with Gasteiger partial charge in [-0.1, -0.05) is 20.8 Å². The predicted octanol–water partition coefficient (Wildman–Crippen LogP) is 1.15. The minimum absolute atomic E-state index is 1.11. The fraction of sp³-hybridized carbons (Fsp3) is 0.300. The largest absolute Gasteiger partial charge is 0.171 e. The first-order valence-corrected chi connectivity index (χ1v) is 3.46. The normalized spacial score (nSPS) is 10.3. The molecule has 0 unspecified atom stereocenters. The molecule has 54 valence electrons. The van der Waals surface area contributed by atoms with Gasteiger partial charge in [0.15, 0.2) is 0 Å². The zero-order valence-corrected chi connectivity index (χ0v) is 6.91. The molecule has 0 saturated heterocycles. The van der Waals surface area contributed by atoms with E-state index >= 15 is 0 Å². The van der Waals surface area contributed by atoms with Gasteiger partial charge in [-0.2, -0.15) is 17.4 Å². The van der Waals surface area contributed by atoms with E-state index in [1.807, 2.05) is 0 Å². The van der Waals surface area contributed by atoms with E-state index < -0.39 is 0 Å². The van der Waals surface area contributed by atoms with Gasteiger partial charge in [0.2, 0.25) is 0 Å². The summed E-state index contributed by atoms with van der Waals surface area (Å²) in [6.07, 6.45) is 0. The van der Waals surface area contributed by atoms with Crippen LogP contribution in [0.15, 0.2) is 0 Å². The highest BCUT2D eigenvalue weighted by Crippen LogP contribution is 2.02. The second-order valence-electron chi connectivity index (χ2n) is 2.83. The molecule has 0 fully saturated rings. The van der Waals surface area contributed by atoms with Gasteiger partial charge < -0.3 is 0 Å². The summed E-state index contributed by atoms with van der Waals surface area (Å²) in [6, 6.07) is 0. The number of rotatable bonds is 0. The van der Waals surface area contributed by atoms with Crippen molar-refractivity contribution < 1.29 is 0 Å². The van der Waals surface area contributed by atoms with Gasteiger partial charge in [0.05, 0.1) is 0 Å². The summed E-state index contributed by atoms with van der Waals surface area (Å²) in [6.45, 7) is 14.2. The summed E-state index contributed by atoms with van der Waals surface area (Å²) in [5, 5.41) is 2.21. The SMILES string of the molecule is C=c1c(C)c(C)[c-](C)c1=C. The third kappa shape index (κ3) is 0.722.